The molecule has 2 heterocycles. The molecule has 1 aromatic heterocycles. The van der Waals surface area contributed by atoms with E-state index >= 15 is 0 Å². The first-order chi connectivity index (χ1) is 10.9. The number of primary amides is 1. The third kappa shape index (κ3) is 3.05. The average molecular weight is 353 g/mol. The number of nitrogens with zero attached hydrogens (tertiary/aromatic N) is 3. The first-order valence-electron chi connectivity index (χ1n) is 6.78. The number of aromatic nitrogens is 2. The van der Waals surface area contributed by atoms with Gasteiger partial charge in [-0.3, -0.25) is 4.79 Å². The van der Waals surface area contributed by atoms with Gasteiger partial charge < -0.3 is 5.73 Å². The van der Waals surface area contributed by atoms with Crippen molar-refractivity contribution in [2.24, 2.45) is 5.73 Å². The molecule has 1 aliphatic rings. The molecular weight excluding hydrogens is 340 g/mol. The van der Waals surface area contributed by atoms with Crippen LogP contribution in [0.1, 0.15) is 21.9 Å². The van der Waals surface area contributed by atoms with Gasteiger partial charge in [-0.15, -0.1) is 0 Å². The summed E-state index contributed by atoms with van der Waals surface area (Å²) in [4.78, 5) is 19.3. The van der Waals surface area contributed by atoms with Crippen LogP contribution in [0, 0.1) is 0 Å². The van der Waals surface area contributed by atoms with E-state index in [1.807, 2.05) is 0 Å². The first-order valence-corrected chi connectivity index (χ1v) is 8.60. The van der Waals surface area contributed by atoms with E-state index in [-0.39, 0.29) is 17.3 Å². The molecule has 2 aromatic rings. The molecule has 120 valence electrons. The van der Waals surface area contributed by atoms with Gasteiger partial charge in [0.2, 0.25) is 15.8 Å². The molecule has 1 aromatic carbocycles. The van der Waals surface area contributed by atoms with Crippen molar-refractivity contribution in [3.05, 3.63) is 52.6 Å². The van der Waals surface area contributed by atoms with E-state index < -0.39 is 15.9 Å². The summed E-state index contributed by atoms with van der Waals surface area (Å²) >= 11 is 5.79. The number of halogens is 1. The Morgan fingerprint density at radius 3 is 2.61 bits per heavy atom. The molecule has 2 N–H and O–H groups in total. The minimum Gasteiger partial charge on any atom is -0.363 e. The number of sulfonamides is 1. The van der Waals surface area contributed by atoms with Crippen LogP contribution in [0.2, 0.25) is 5.02 Å². The molecule has 7 nitrogen and oxygen atoms in total. The van der Waals surface area contributed by atoms with Crippen LogP contribution in [0.15, 0.2) is 35.4 Å². The monoisotopic (exact) mass is 352 g/mol. The lowest BCUT2D eigenvalue weighted by molar-refractivity contribution is 0.0990. The van der Waals surface area contributed by atoms with E-state index in [2.05, 4.69) is 9.97 Å². The largest absolute Gasteiger partial charge is 0.363 e. The molecule has 0 radical (unpaired) electrons. The molecule has 1 aliphatic heterocycles. The second kappa shape index (κ2) is 5.88. The number of rotatable bonds is 3. The molecule has 9 heteroatoms. The standard InChI is InChI=1S/C14H13ClN4O3S/c15-10-1-3-11(4-2-10)23(21,22)19-6-5-9-7-17-14(13(16)20)18-12(9)8-19/h1-4,7H,5-6,8H2,(H2,16,20). The van der Waals surface area contributed by atoms with Crippen LogP contribution in [-0.2, 0) is 23.0 Å². The van der Waals surface area contributed by atoms with Crippen molar-refractivity contribution in [3.8, 4) is 0 Å². The third-order valence-electron chi connectivity index (χ3n) is 3.58. The van der Waals surface area contributed by atoms with Gasteiger partial charge in [0.05, 0.1) is 17.1 Å². The second-order valence-electron chi connectivity index (χ2n) is 5.07. The number of amides is 1. The van der Waals surface area contributed by atoms with Crippen molar-refractivity contribution in [1.82, 2.24) is 14.3 Å². The predicted octanol–water partition coefficient (Wildman–Crippen LogP) is 0.976. The number of hydrogen-bond acceptors (Lipinski definition) is 5. The van der Waals surface area contributed by atoms with E-state index in [0.717, 1.165) is 5.56 Å². The molecule has 0 fully saturated rings. The van der Waals surface area contributed by atoms with Crippen molar-refractivity contribution in [1.29, 1.82) is 0 Å². The fourth-order valence-corrected chi connectivity index (χ4v) is 3.89. The molecule has 0 spiro atoms. The molecule has 0 saturated heterocycles. The SMILES string of the molecule is NC(=O)c1ncc2c(n1)CN(S(=O)(=O)c1ccc(Cl)cc1)CC2. The van der Waals surface area contributed by atoms with Crippen LogP contribution in [0.4, 0.5) is 0 Å². The zero-order valence-corrected chi connectivity index (χ0v) is 13.5. The fraction of sp³-hybridized carbons (Fsp3) is 0.214. The molecule has 0 atom stereocenters. The molecule has 0 bridgehead atoms. The van der Waals surface area contributed by atoms with Crippen LogP contribution in [0.25, 0.3) is 0 Å². The summed E-state index contributed by atoms with van der Waals surface area (Å²) in [6, 6.07) is 5.98. The lowest BCUT2D eigenvalue weighted by Crippen LogP contribution is -2.37. The number of fused-ring (bicyclic) bond motifs is 1. The van der Waals surface area contributed by atoms with Gasteiger partial charge in [0.25, 0.3) is 5.91 Å². The summed E-state index contributed by atoms with van der Waals surface area (Å²) in [5, 5.41) is 0.465. The first kappa shape index (κ1) is 15.9. The minimum atomic E-state index is -3.66. The Labute approximate surface area is 138 Å². The highest BCUT2D eigenvalue weighted by Gasteiger charge is 2.29. The van der Waals surface area contributed by atoms with Crippen LogP contribution >= 0.6 is 11.6 Å². The summed E-state index contributed by atoms with van der Waals surface area (Å²) in [5.41, 5.74) is 6.48. The summed E-state index contributed by atoms with van der Waals surface area (Å²) in [6.07, 6.45) is 2.00. The van der Waals surface area contributed by atoms with Crippen molar-refractivity contribution >= 4 is 27.5 Å². The minimum absolute atomic E-state index is 0.0725. The summed E-state index contributed by atoms with van der Waals surface area (Å²) in [5.74, 6) is -0.861. The molecule has 0 saturated carbocycles. The molecule has 0 aliphatic carbocycles. The number of hydrogen-bond donors (Lipinski definition) is 1. The van der Waals surface area contributed by atoms with Crippen LogP contribution in [0.3, 0.4) is 0 Å². The number of nitrogens with two attached hydrogens (primary N) is 1. The normalized spacial score (nSPS) is 15.2. The third-order valence-corrected chi connectivity index (χ3v) is 5.69. The van der Waals surface area contributed by atoms with Crippen molar-refractivity contribution in [2.45, 2.75) is 17.9 Å². The number of benzene rings is 1. The number of carbonyl (C=O) groups excluding carboxylic acids is 1. The second-order valence-corrected chi connectivity index (χ2v) is 7.45. The summed E-state index contributed by atoms with van der Waals surface area (Å²) < 4.78 is 26.7. The van der Waals surface area contributed by atoms with Gasteiger partial charge in [-0.1, -0.05) is 11.6 Å². The van der Waals surface area contributed by atoms with Gasteiger partial charge in [0.1, 0.15) is 0 Å². The zero-order valence-electron chi connectivity index (χ0n) is 11.9. The Hall–Kier alpha value is -2.03. The van der Waals surface area contributed by atoms with Crippen LogP contribution < -0.4 is 5.73 Å². The highest BCUT2D eigenvalue weighted by atomic mass is 35.5. The Balaban J connectivity index is 1.93. The molecule has 23 heavy (non-hydrogen) atoms. The fourth-order valence-electron chi connectivity index (χ4n) is 2.36. The number of carbonyl (C=O) groups is 1. The Morgan fingerprint density at radius 1 is 1.26 bits per heavy atom. The zero-order chi connectivity index (χ0) is 16.6. The van der Waals surface area contributed by atoms with Gasteiger partial charge in [0, 0.05) is 17.8 Å². The summed E-state index contributed by atoms with van der Waals surface area (Å²) in [6.45, 7) is 0.389. The average Bonchev–Trinajstić information content (AvgIpc) is 2.54. The smallest absolute Gasteiger partial charge is 0.286 e. The lowest BCUT2D eigenvalue weighted by Gasteiger charge is -2.27. The van der Waals surface area contributed by atoms with E-state index in [0.29, 0.717) is 23.7 Å². The maximum Gasteiger partial charge on any atom is 0.286 e. The maximum atomic E-state index is 12.7. The van der Waals surface area contributed by atoms with Crippen LogP contribution in [-0.4, -0.2) is 35.1 Å². The van der Waals surface area contributed by atoms with Crippen molar-refractivity contribution in [3.63, 3.8) is 0 Å². The highest BCUT2D eigenvalue weighted by molar-refractivity contribution is 7.89. The topological polar surface area (TPSA) is 106 Å². The Kier molecular flexibility index (Phi) is 4.05. The summed E-state index contributed by atoms with van der Waals surface area (Å²) in [7, 11) is -3.66. The quantitative estimate of drug-likeness (QED) is 0.886. The van der Waals surface area contributed by atoms with Crippen molar-refractivity contribution in [2.75, 3.05) is 6.54 Å². The Morgan fingerprint density at radius 2 is 1.96 bits per heavy atom. The van der Waals surface area contributed by atoms with Gasteiger partial charge in [-0.05, 0) is 36.2 Å². The molecular formula is C14H13ClN4O3S. The molecule has 1 amide bonds. The Bertz CT molecular complexity index is 868. The van der Waals surface area contributed by atoms with Crippen LogP contribution in [0.5, 0.6) is 0 Å². The van der Waals surface area contributed by atoms with E-state index in [1.54, 1.807) is 0 Å². The van der Waals surface area contributed by atoms with Gasteiger partial charge in [-0.2, -0.15) is 4.31 Å². The van der Waals surface area contributed by atoms with Gasteiger partial charge in [0.15, 0.2) is 0 Å². The molecule has 0 unspecified atom stereocenters. The van der Waals surface area contributed by atoms with E-state index in [1.165, 1.54) is 34.8 Å². The predicted molar refractivity (Wildman–Crippen MR) is 83.3 cm³/mol. The lowest BCUT2D eigenvalue weighted by atomic mass is 10.1. The highest BCUT2D eigenvalue weighted by Crippen LogP contribution is 2.24. The van der Waals surface area contributed by atoms with E-state index in [9.17, 15) is 13.2 Å². The van der Waals surface area contributed by atoms with Gasteiger partial charge >= 0.3 is 0 Å². The van der Waals surface area contributed by atoms with E-state index in [4.69, 9.17) is 17.3 Å². The van der Waals surface area contributed by atoms with Gasteiger partial charge in [-0.25, -0.2) is 18.4 Å². The van der Waals surface area contributed by atoms with Crippen molar-refractivity contribution < 1.29 is 13.2 Å². The molecule has 3 rings (SSSR count). The maximum absolute atomic E-state index is 12.7.